The molecule has 0 aliphatic heterocycles. The Bertz CT molecular complexity index is 270. The first-order valence-corrected chi connectivity index (χ1v) is 4.22. The molecule has 6 nitrogen and oxygen atoms in total. The third-order valence-electron chi connectivity index (χ3n) is 1.68. The molecule has 0 aromatic heterocycles. The average Bonchev–Trinajstić information content (AvgIpc) is 2.11. The van der Waals surface area contributed by atoms with Gasteiger partial charge in [0.2, 0.25) is 0 Å². The smallest absolute Gasteiger partial charge is 0.311 e. The van der Waals surface area contributed by atoms with Crippen molar-refractivity contribution in [1.82, 2.24) is 0 Å². The molecule has 0 saturated carbocycles. The third-order valence-corrected chi connectivity index (χ3v) is 1.68. The van der Waals surface area contributed by atoms with E-state index in [0.29, 0.717) is 0 Å². The van der Waals surface area contributed by atoms with Crippen LogP contribution in [0.3, 0.4) is 0 Å². The van der Waals surface area contributed by atoms with Gasteiger partial charge in [-0.05, 0) is 6.42 Å². The number of ether oxygens (including phenoxy) is 1. The Morgan fingerprint density at radius 1 is 1.33 bits per heavy atom. The molecule has 84 valence electrons. The van der Waals surface area contributed by atoms with Crippen LogP contribution in [-0.2, 0) is 19.1 Å². The van der Waals surface area contributed by atoms with Gasteiger partial charge in [0.05, 0.1) is 18.6 Å². The van der Waals surface area contributed by atoms with E-state index in [1.165, 1.54) is 0 Å². The molecule has 2 N–H and O–H groups in total. The molecule has 0 aliphatic carbocycles. The number of hydrogen-bond donors (Lipinski definition) is 2. The Morgan fingerprint density at radius 2 is 1.93 bits per heavy atom. The minimum absolute atomic E-state index is 0.100. The van der Waals surface area contributed by atoms with Crippen molar-refractivity contribution in [2.75, 3.05) is 0 Å². The van der Waals surface area contributed by atoms with E-state index >= 15 is 0 Å². The van der Waals surface area contributed by atoms with Crippen LogP contribution >= 0.6 is 0 Å². The van der Waals surface area contributed by atoms with Crippen LogP contribution in [0.4, 0.5) is 0 Å². The summed E-state index contributed by atoms with van der Waals surface area (Å²) in [5.74, 6) is -4.08. The second-order valence-electron chi connectivity index (χ2n) is 2.83. The molecule has 0 fully saturated rings. The molecule has 1 atom stereocenters. The number of carbonyl (C=O) groups excluding carboxylic acids is 1. The lowest BCUT2D eigenvalue weighted by molar-refractivity contribution is -0.149. The molecule has 0 aromatic carbocycles. The van der Waals surface area contributed by atoms with Crippen LogP contribution in [0.5, 0.6) is 0 Å². The van der Waals surface area contributed by atoms with Crippen LogP contribution in [0, 0.1) is 5.92 Å². The van der Waals surface area contributed by atoms with Gasteiger partial charge in [-0.15, -0.1) is 0 Å². The van der Waals surface area contributed by atoms with Crippen molar-refractivity contribution >= 4 is 17.9 Å². The number of carboxylic acids is 2. The summed E-state index contributed by atoms with van der Waals surface area (Å²) in [5, 5.41) is 17.0. The molecule has 0 bridgehead atoms. The molecule has 0 aliphatic rings. The molecule has 6 heteroatoms. The van der Waals surface area contributed by atoms with Crippen molar-refractivity contribution in [2.45, 2.75) is 19.3 Å². The molecule has 0 spiro atoms. The zero-order valence-corrected chi connectivity index (χ0v) is 8.01. The Hall–Kier alpha value is -1.85. The molecule has 0 saturated heterocycles. The van der Waals surface area contributed by atoms with E-state index in [2.05, 4.69) is 11.3 Å². The summed E-state index contributed by atoms with van der Waals surface area (Å²) in [4.78, 5) is 31.7. The van der Waals surface area contributed by atoms with E-state index in [4.69, 9.17) is 10.2 Å². The first-order valence-electron chi connectivity index (χ1n) is 4.22. The van der Waals surface area contributed by atoms with E-state index in [1.54, 1.807) is 0 Å². The maximum atomic E-state index is 10.9. The van der Waals surface area contributed by atoms with Crippen LogP contribution in [0.2, 0.25) is 0 Å². The van der Waals surface area contributed by atoms with Crippen molar-refractivity contribution < 1.29 is 29.3 Å². The quantitative estimate of drug-likeness (QED) is 0.478. The summed E-state index contributed by atoms with van der Waals surface area (Å²) in [7, 11) is 0. The van der Waals surface area contributed by atoms with Gasteiger partial charge in [0.1, 0.15) is 0 Å². The van der Waals surface area contributed by atoms with E-state index < -0.39 is 23.8 Å². The highest BCUT2D eigenvalue weighted by molar-refractivity contribution is 5.79. The highest BCUT2D eigenvalue weighted by atomic mass is 16.5. The lowest BCUT2D eigenvalue weighted by atomic mass is 10.00. The van der Waals surface area contributed by atoms with E-state index in [0.717, 1.165) is 6.26 Å². The molecule has 0 heterocycles. The molecule has 0 amide bonds. The fourth-order valence-electron chi connectivity index (χ4n) is 0.953. The predicted molar refractivity (Wildman–Crippen MR) is 48.9 cm³/mol. The SMILES string of the molecule is C=COC(=O)CC(CCC(=O)O)C(=O)O. The normalized spacial score (nSPS) is 11.5. The minimum atomic E-state index is -1.21. The zero-order chi connectivity index (χ0) is 11.8. The minimum Gasteiger partial charge on any atom is -0.481 e. The van der Waals surface area contributed by atoms with E-state index in [9.17, 15) is 14.4 Å². The van der Waals surface area contributed by atoms with Gasteiger partial charge in [-0.3, -0.25) is 14.4 Å². The third kappa shape index (κ3) is 6.25. The summed E-state index contributed by atoms with van der Waals surface area (Å²) in [5.41, 5.74) is 0. The summed E-state index contributed by atoms with van der Waals surface area (Å²) >= 11 is 0. The first-order chi connectivity index (χ1) is 6.97. The number of rotatable bonds is 7. The van der Waals surface area contributed by atoms with Gasteiger partial charge >= 0.3 is 17.9 Å². The van der Waals surface area contributed by atoms with E-state index in [1.807, 2.05) is 0 Å². The molecule has 0 rings (SSSR count). The van der Waals surface area contributed by atoms with Gasteiger partial charge in [0.25, 0.3) is 0 Å². The highest BCUT2D eigenvalue weighted by Crippen LogP contribution is 2.12. The van der Waals surface area contributed by atoms with E-state index in [-0.39, 0.29) is 19.3 Å². The monoisotopic (exact) mass is 216 g/mol. The van der Waals surface area contributed by atoms with Crippen LogP contribution in [0.1, 0.15) is 19.3 Å². The van der Waals surface area contributed by atoms with Crippen molar-refractivity contribution in [1.29, 1.82) is 0 Å². The van der Waals surface area contributed by atoms with Gasteiger partial charge in [-0.2, -0.15) is 0 Å². The summed E-state index contributed by atoms with van der Waals surface area (Å²) < 4.78 is 4.34. The number of esters is 1. The lowest BCUT2D eigenvalue weighted by Crippen LogP contribution is -2.19. The second-order valence-corrected chi connectivity index (χ2v) is 2.83. The Morgan fingerprint density at radius 3 is 2.33 bits per heavy atom. The van der Waals surface area contributed by atoms with Crippen molar-refractivity contribution in [3.63, 3.8) is 0 Å². The Labute approximate surface area is 86.2 Å². The summed E-state index contributed by atoms with van der Waals surface area (Å²) in [6.45, 7) is 3.14. The van der Waals surface area contributed by atoms with Crippen LogP contribution in [-0.4, -0.2) is 28.1 Å². The molecular weight excluding hydrogens is 204 g/mol. The predicted octanol–water partition coefficient (Wildman–Crippen LogP) is 0.629. The standard InChI is InChI=1S/C9H12O6/c1-2-15-8(12)5-6(9(13)14)3-4-7(10)11/h2,6H,1,3-5H2,(H,10,11)(H,13,14). The number of hydrogen-bond acceptors (Lipinski definition) is 4. The van der Waals surface area contributed by atoms with Crippen molar-refractivity contribution in [3.8, 4) is 0 Å². The van der Waals surface area contributed by atoms with Gasteiger partial charge in [-0.1, -0.05) is 6.58 Å². The molecule has 1 unspecified atom stereocenters. The fraction of sp³-hybridized carbons (Fsp3) is 0.444. The van der Waals surface area contributed by atoms with Gasteiger partial charge in [-0.25, -0.2) is 0 Å². The fourth-order valence-corrected chi connectivity index (χ4v) is 0.953. The second kappa shape index (κ2) is 6.58. The van der Waals surface area contributed by atoms with Crippen LogP contribution < -0.4 is 0 Å². The van der Waals surface area contributed by atoms with Crippen molar-refractivity contribution in [3.05, 3.63) is 12.8 Å². The summed E-state index contributed by atoms with van der Waals surface area (Å²) in [6.07, 6.45) is 0.155. The molecule has 15 heavy (non-hydrogen) atoms. The van der Waals surface area contributed by atoms with Gasteiger partial charge in [0, 0.05) is 6.42 Å². The number of aliphatic carboxylic acids is 2. The average molecular weight is 216 g/mol. The maximum Gasteiger partial charge on any atom is 0.311 e. The number of carbonyl (C=O) groups is 3. The van der Waals surface area contributed by atoms with Gasteiger partial charge < -0.3 is 14.9 Å². The largest absolute Gasteiger partial charge is 0.481 e. The Kier molecular flexibility index (Phi) is 5.77. The van der Waals surface area contributed by atoms with Crippen LogP contribution in [0.25, 0.3) is 0 Å². The van der Waals surface area contributed by atoms with Crippen molar-refractivity contribution in [2.24, 2.45) is 5.92 Å². The Balaban J connectivity index is 4.15. The topological polar surface area (TPSA) is 101 Å². The first kappa shape index (κ1) is 13.2. The highest BCUT2D eigenvalue weighted by Gasteiger charge is 2.22. The maximum absolute atomic E-state index is 10.9. The number of carboxylic acid groups (broad SMARTS) is 2. The molecule has 0 aromatic rings. The van der Waals surface area contributed by atoms with Gasteiger partial charge in [0.15, 0.2) is 0 Å². The lowest BCUT2D eigenvalue weighted by Gasteiger charge is -2.08. The summed E-state index contributed by atoms with van der Waals surface area (Å²) in [6, 6.07) is 0. The van der Waals surface area contributed by atoms with Crippen LogP contribution in [0.15, 0.2) is 12.8 Å². The molecule has 0 radical (unpaired) electrons. The zero-order valence-electron chi connectivity index (χ0n) is 8.01. The molecular formula is C9H12O6.